The molecule has 0 spiro atoms. The number of carbonyl (C=O) groups is 1. The number of aromatic nitrogens is 2. The first-order valence-electron chi connectivity index (χ1n) is 12.9. The Hall–Kier alpha value is -3.51. The van der Waals surface area contributed by atoms with Crippen LogP contribution >= 0.6 is 0 Å². The Morgan fingerprint density at radius 1 is 1.29 bits per heavy atom. The fourth-order valence-electron chi connectivity index (χ4n) is 4.70. The molecule has 1 aromatic carbocycles. The molecule has 12 heteroatoms. The van der Waals surface area contributed by atoms with E-state index in [9.17, 15) is 9.90 Å². The van der Waals surface area contributed by atoms with Crippen molar-refractivity contribution >= 4 is 29.6 Å². The molecule has 0 bridgehead atoms. The summed E-state index contributed by atoms with van der Waals surface area (Å²) in [6.45, 7) is 4.74. The lowest BCUT2D eigenvalue weighted by atomic mass is 9.88. The van der Waals surface area contributed by atoms with Crippen molar-refractivity contribution in [2.24, 2.45) is 10.7 Å². The van der Waals surface area contributed by atoms with Gasteiger partial charge in [-0.2, -0.15) is 4.98 Å². The molecule has 208 valence electrons. The van der Waals surface area contributed by atoms with Crippen molar-refractivity contribution in [3.05, 3.63) is 34.8 Å². The number of primary amides is 1. The third-order valence-electron chi connectivity index (χ3n) is 6.72. The highest BCUT2D eigenvalue weighted by atomic mass is 19.1. The first-order valence-corrected chi connectivity index (χ1v) is 12.9. The Kier molecular flexibility index (Phi) is 10.6. The van der Waals surface area contributed by atoms with Gasteiger partial charge in [-0.05, 0) is 56.0 Å². The smallest absolute Gasteiger partial charge is 0.231 e. The summed E-state index contributed by atoms with van der Waals surface area (Å²) in [5.74, 6) is 0.308. The number of likely N-dealkylation sites (tertiary alicyclic amines) is 1. The van der Waals surface area contributed by atoms with E-state index < -0.39 is 5.82 Å². The van der Waals surface area contributed by atoms with Gasteiger partial charge in [0.2, 0.25) is 11.9 Å². The van der Waals surface area contributed by atoms with E-state index in [4.69, 9.17) is 21.9 Å². The van der Waals surface area contributed by atoms with Gasteiger partial charge in [-0.3, -0.25) is 14.7 Å². The number of methoxy groups -OCH3 is 1. The van der Waals surface area contributed by atoms with Gasteiger partial charge in [-0.25, -0.2) is 9.37 Å². The van der Waals surface area contributed by atoms with Crippen LogP contribution in [0.1, 0.15) is 55.3 Å². The van der Waals surface area contributed by atoms with E-state index >= 15 is 4.39 Å². The quantitative estimate of drug-likeness (QED) is 0.281. The number of hydrogen-bond donors (Lipinski definition) is 4. The average molecular weight is 531 g/mol. The molecule has 1 fully saturated rings. The molecule has 1 saturated heterocycles. The fraction of sp³-hybridized carbons (Fsp3) is 0.538. The minimum atomic E-state index is -0.402. The van der Waals surface area contributed by atoms with Crippen LogP contribution in [0, 0.1) is 5.82 Å². The molecule has 1 amide bonds. The number of aliphatic hydroxyl groups excluding tert-OH is 1. The first kappa shape index (κ1) is 29.1. The molecule has 0 aliphatic carbocycles. The van der Waals surface area contributed by atoms with Gasteiger partial charge < -0.3 is 31.9 Å². The van der Waals surface area contributed by atoms with Crippen LogP contribution in [-0.2, 0) is 11.3 Å². The van der Waals surface area contributed by atoms with Gasteiger partial charge in [0, 0.05) is 19.3 Å². The molecule has 7 N–H and O–H groups in total. The minimum absolute atomic E-state index is 0.0151. The highest BCUT2D eigenvalue weighted by Gasteiger charge is 2.24. The third-order valence-corrected chi connectivity index (χ3v) is 6.72. The number of amides is 1. The van der Waals surface area contributed by atoms with Crippen LogP contribution in [0.25, 0.3) is 0 Å². The van der Waals surface area contributed by atoms with Crippen LogP contribution in [0.3, 0.4) is 0 Å². The molecule has 3 rings (SSSR count). The Bertz CT molecular complexity index is 1120. The molecule has 2 heterocycles. The summed E-state index contributed by atoms with van der Waals surface area (Å²) in [7, 11) is 1.50. The molecular formula is C26H39FN8O3. The molecule has 0 atom stereocenters. The fourth-order valence-corrected chi connectivity index (χ4v) is 4.70. The summed E-state index contributed by atoms with van der Waals surface area (Å²) >= 11 is 0. The maximum absolute atomic E-state index is 15.2. The molecule has 1 aliphatic rings. The summed E-state index contributed by atoms with van der Waals surface area (Å²) in [6, 6.07) is 3.40. The van der Waals surface area contributed by atoms with Crippen LogP contribution < -0.4 is 26.8 Å². The van der Waals surface area contributed by atoms with Crippen molar-refractivity contribution in [3.63, 3.8) is 0 Å². The molecule has 2 aromatic rings. The van der Waals surface area contributed by atoms with Crippen molar-refractivity contribution in [2.45, 2.75) is 45.1 Å². The van der Waals surface area contributed by atoms with Crippen molar-refractivity contribution in [3.8, 4) is 5.75 Å². The van der Waals surface area contributed by atoms with Gasteiger partial charge in [-0.15, -0.1) is 0 Å². The van der Waals surface area contributed by atoms with Gasteiger partial charge in [-0.1, -0.05) is 13.3 Å². The zero-order valence-electron chi connectivity index (χ0n) is 22.2. The highest BCUT2D eigenvalue weighted by molar-refractivity contribution is 5.89. The summed E-state index contributed by atoms with van der Waals surface area (Å²) in [5.41, 5.74) is 19.4. The molecule has 38 heavy (non-hydrogen) atoms. The molecule has 0 saturated carbocycles. The van der Waals surface area contributed by atoms with Crippen molar-refractivity contribution < 1.29 is 19.0 Å². The molecule has 0 radical (unpaired) electrons. The number of unbranched alkanes of at least 4 members (excludes halogenated alkanes) is 1. The van der Waals surface area contributed by atoms with Crippen molar-refractivity contribution in [1.29, 1.82) is 0 Å². The first-order chi connectivity index (χ1) is 18.3. The van der Waals surface area contributed by atoms with E-state index in [1.807, 2.05) is 15.9 Å². The second-order valence-corrected chi connectivity index (χ2v) is 9.44. The second kappa shape index (κ2) is 13.9. The predicted octanol–water partition coefficient (Wildman–Crippen LogP) is 1.67. The molecule has 1 aromatic heterocycles. The number of aliphatic imine (C=N–C) groups is 1. The maximum Gasteiger partial charge on any atom is 0.231 e. The number of rotatable bonds is 13. The number of ether oxygens (including phenoxy) is 1. The Labute approximate surface area is 222 Å². The maximum atomic E-state index is 15.2. The van der Waals surface area contributed by atoms with Crippen LogP contribution in [0.4, 0.5) is 21.8 Å². The number of nitrogens with zero attached hydrogens (tertiary/aromatic N) is 5. The van der Waals surface area contributed by atoms with E-state index in [0.717, 1.165) is 44.3 Å². The number of nitrogen functional groups attached to an aromatic ring is 2. The van der Waals surface area contributed by atoms with Crippen LogP contribution in [0.2, 0.25) is 0 Å². The molecule has 0 unspecified atom stereocenters. The summed E-state index contributed by atoms with van der Waals surface area (Å²) < 4.78 is 20.7. The largest absolute Gasteiger partial charge is 0.496 e. The van der Waals surface area contributed by atoms with Gasteiger partial charge in [0.1, 0.15) is 22.9 Å². The van der Waals surface area contributed by atoms with E-state index in [1.165, 1.54) is 19.4 Å². The Balaban J connectivity index is 1.77. The number of carbonyl (C=O) groups excluding carboxylic acids is 1. The van der Waals surface area contributed by atoms with Crippen LogP contribution in [-0.4, -0.2) is 78.5 Å². The SMILES string of the molecule is CCCCN(CCO)c1nc(N)nc(C=NCc2c(F)cc(C3CCN(CC(N)=O)CC3)cc2OC)c1N. The van der Waals surface area contributed by atoms with Gasteiger partial charge in [0.25, 0.3) is 0 Å². The second-order valence-electron chi connectivity index (χ2n) is 9.44. The lowest BCUT2D eigenvalue weighted by Crippen LogP contribution is -2.39. The zero-order valence-corrected chi connectivity index (χ0v) is 22.2. The lowest BCUT2D eigenvalue weighted by molar-refractivity contribution is -0.119. The van der Waals surface area contributed by atoms with E-state index in [2.05, 4.69) is 21.9 Å². The van der Waals surface area contributed by atoms with E-state index in [0.29, 0.717) is 35.9 Å². The number of anilines is 3. The number of piperidine rings is 1. The van der Waals surface area contributed by atoms with Gasteiger partial charge >= 0.3 is 0 Å². The number of aliphatic hydroxyl groups is 1. The topological polar surface area (TPSA) is 169 Å². The van der Waals surface area contributed by atoms with Crippen LogP contribution in [0.5, 0.6) is 5.75 Å². The van der Waals surface area contributed by atoms with Crippen LogP contribution in [0.15, 0.2) is 17.1 Å². The number of halogens is 1. The minimum Gasteiger partial charge on any atom is -0.496 e. The monoisotopic (exact) mass is 530 g/mol. The zero-order chi connectivity index (χ0) is 27.7. The Morgan fingerprint density at radius 2 is 2.03 bits per heavy atom. The molecular weight excluding hydrogens is 491 g/mol. The van der Waals surface area contributed by atoms with E-state index in [-0.39, 0.29) is 43.2 Å². The van der Waals surface area contributed by atoms with E-state index in [1.54, 1.807) is 0 Å². The predicted molar refractivity (Wildman–Crippen MR) is 147 cm³/mol. The summed E-state index contributed by atoms with van der Waals surface area (Å²) in [4.78, 5) is 27.9. The molecule has 11 nitrogen and oxygen atoms in total. The van der Waals surface area contributed by atoms with Crippen molar-refractivity contribution in [1.82, 2.24) is 14.9 Å². The number of nitrogens with two attached hydrogens (primary N) is 3. The highest BCUT2D eigenvalue weighted by Crippen LogP contribution is 2.34. The number of benzene rings is 1. The molecule has 1 aliphatic heterocycles. The standard InChI is InChI=1S/C26H39FN8O3/c1-3-4-7-35(10-11-36)25-24(29)21(32-26(30)33-25)15-31-14-19-20(27)12-18(13-22(19)38-2)17-5-8-34(9-6-17)16-23(28)37/h12-13,15,17,36H,3-11,14,16,29H2,1-2H3,(H2,28,37)(H2,30,32,33). The summed E-state index contributed by atoms with van der Waals surface area (Å²) in [6.07, 6.45) is 4.92. The lowest BCUT2D eigenvalue weighted by Gasteiger charge is -2.31. The van der Waals surface area contributed by atoms with Gasteiger partial charge in [0.15, 0.2) is 5.82 Å². The third kappa shape index (κ3) is 7.51. The van der Waals surface area contributed by atoms with Gasteiger partial charge in [0.05, 0.1) is 32.4 Å². The summed E-state index contributed by atoms with van der Waals surface area (Å²) in [5, 5.41) is 9.47. The van der Waals surface area contributed by atoms with Crippen molar-refractivity contribution in [2.75, 3.05) is 62.8 Å². The Morgan fingerprint density at radius 3 is 2.66 bits per heavy atom. The normalized spacial score (nSPS) is 14.7. The average Bonchev–Trinajstić information content (AvgIpc) is 2.89. The number of hydrogen-bond acceptors (Lipinski definition) is 10.